The number of aryl methyl sites for hydroxylation is 1. The Hall–Kier alpha value is -2.66. The van der Waals surface area contributed by atoms with Crippen LogP contribution in [0.3, 0.4) is 0 Å². The molecule has 0 aromatic heterocycles. The molecule has 0 radical (unpaired) electrons. The fraction of sp³-hybridized carbons (Fsp3) is 0.417. The molecule has 150 valence electrons. The summed E-state index contributed by atoms with van der Waals surface area (Å²) >= 11 is 0. The summed E-state index contributed by atoms with van der Waals surface area (Å²) in [5.41, 5.74) is 4.07. The topological polar surface area (TPSA) is 58.6 Å². The van der Waals surface area contributed by atoms with Crippen LogP contribution in [0.15, 0.2) is 54.6 Å². The van der Waals surface area contributed by atoms with Crippen molar-refractivity contribution in [1.29, 1.82) is 0 Å². The van der Waals surface area contributed by atoms with Crippen LogP contribution < -0.4 is 5.32 Å². The molecule has 2 atom stereocenters. The lowest BCUT2D eigenvalue weighted by Gasteiger charge is -2.42. The fourth-order valence-corrected chi connectivity index (χ4v) is 5.30. The molecule has 0 unspecified atom stereocenters. The summed E-state index contributed by atoms with van der Waals surface area (Å²) in [5, 5.41) is 2.95. The molecule has 2 heterocycles. The summed E-state index contributed by atoms with van der Waals surface area (Å²) < 4.78 is 5.74. The number of nitrogens with zero attached hydrogens (tertiary/aromatic N) is 1. The Kier molecular flexibility index (Phi) is 4.63. The van der Waals surface area contributed by atoms with Gasteiger partial charge in [0.05, 0.1) is 6.04 Å². The zero-order chi connectivity index (χ0) is 19.8. The Labute approximate surface area is 171 Å². The first-order chi connectivity index (χ1) is 14.2. The largest absolute Gasteiger partial charge is 0.356 e. The highest BCUT2D eigenvalue weighted by Gasteiger charge is 2.44. The molecule has 1 aliphatic carbocycles. The predicted octanol–water partition coefficient (Wildman–Crippen LogP) is 2.75. The van der Waals surface area contributed by atoms with Crippen molar-refractivity contribution in [2.75, 3.05) is 19.7 Å². The van der Waals surface area contributed by atoms with Crippen molar-refractivity contribution in [3.63, 3.8) is 0 Å². The Bertz CT molecular complexity index is 919. The molecule has 3 aliphatic rings. The number of morpholine rings is 1. The van der Waals surface area contributed by atoms with E-state index in [0.717, 1.165) is 37.9 Å². The number of nitrogens with one attached hydrogen (secondary N) is 1. The first-order valence-electron chi connectivity index (χ1n) is 10.5. The molecule has 2 saturated heterocycles. The molecule has 0 bridgehead atoms. The Morgan fingerprint density at radius 1 is 1.00 bits per heavy atom. The molecular weight excluding hydrogens is 364 g/mol. The van der Waals surface area contributed by atoms with E-state index in [4.69, 9.17) is 4.74 Å². The first kappa shape index (κ1) is 18.4. The average molecular weight is 390 g/mol. The van der Waals surface area contributed by atoms with Crippen LogP contribution in [0.5, 0.6) is 0 Å². The van der Waals surface area contributed by atoms with Gasteiger partial charge in [0.2, 0.25) is 5.91 Å². The number of hydrogen-bond donors (Lipinski definition) is 1. The Balaban J connectivity index is 1.32. The lowest BCUT2D eigenvalue weighted by atomic mass is 9.73. The van der Waals surface area contributed by atoms with Gasteiger partial charge in [0.1, 0.15) is 6.61 Å². The van der Waals surface area contributed by atoms with Crippen LogP contribution in [0, 0.1) is 0 Å². The highest BCUT2D eigenvalue weighted by Crippen LogP contribution is 2.46. The molecule has 2 aliphatic heterocycles. The van der Waals surface area contributed by atoms with Gasteiger partial charge in [-0.2, -0.15) is 0 Å². The van der Waals surface area contributed by atoms with Gasteiger partial charge in [-0.3, -0.25) is 9.59 Å². The standard InChI is InChI=1S/C24H26N2O3/c27-20-16-29-22(21(25-20)18-7-2-1-3-8-18)23(28)26-14-12-24(13-15-26)11-10-17-6-4-5-9-19(17)24/h1-9,21-22H,10-16H2,(H,25,27)/t21-,22+/m1/s1. The maximum absolute atomic E-state index is 13.3. The van der Waals surface area contributed by atoms with Crippen molar-refractivity contribution in [2.24, 2.45) is 0 Å². The number of rotatable bonds is 2. The monoisotopic (exact) mass is 390 g/mol. The summed E-state index contributed by atoms with van der Waals surface area (Å²) in [6.07, 6.45) is 3.63. The summed E-state index contributed by atoms with van der Waals surface area (Å²) in [6.45, 7) is 1.41. The van der Waals surface area contributed by atoms with Crippen molar-refractivity contribution >= 4 is 11.8 Å². The van der Waals surface area contributed by atoms with E-state index >= 15 is 0 Å². The van der Waals surface area contributed by atoms with E-state index in [1.165, 1.54) is 17.5 Å². The van der Waals surface area contributed by atoms with Crippen molar-refractivity contribution in [1.82, 2.24) is 10.2 Å². The van der Waals surface area contributed by atoms with E-state index in [1.807, 2.05) is 35.2 Å². The van der Waals surface area contributed by atoms with E-state index in [2.05, 4.69) is 29.6 Å². The third-order valence-corrected chi connectivity index (χ3v) is 6.91. The molecule has 2 amide bonds. The number of piperidine rings is 1. The van der Waals surface area contributed by atoms with Crippen LogP contribution >= 0.6 is 0 Å². The van der Waals surface area contributed by atoms with Gasteiger partial charge < -0.3 is 15.0 Å². The van der Waals surface area contributed by atoms with Gasteiger partial charge in [-0.25, -0.2) is 0 Å². The zero-order valence-corrected chi connectivity index (χ0v) is 16.5. The van der Waals surface area contributed by atoms with E-state index in [0.29, 0.717) is 0 Å². The first-order valence-corrected chi connectivity index (χ1v) is 10.5. The predicted molar refractivity (Wildman–Crippen MR) is 109 cm³/mol. The van der Waals surface area contributed by atoms with Crippen LogP contribution in [0.2, 0.25) is 0 Å². The highest BCUT2D eigenvalue weighted by atomic mass is 16.5. The summed E-state index contributed by atoms with van der Waals surface area (Å²) in [6, 6.07) is 17.9. The van der Waals surface area contributed by atoms with Crippen molar-refractivity contribution in [3.8, 4) is 0 Å². The molecule has 29 heavy (non-hydrogen) atoms. The van der Waals surface area contributed by atoms with Gasteiger partial charge in [-0.1, -0.05) is 54.6 Å². The third-order valence-electron chi connectivity index (χ3n) is 6.91. The normalized spacial score (nSPS) is 25.5. The SMILES string of the molecule is O=C1CO[C@H](C(=O)N2CCC3(CCc4ccccc43)CC2)[C@@H](c2ccccc2)N1. The number of carbonyl (C=O) groups is 2. The number of hydrogen-bond acceptors (Lipinski definition) is 3. The van der Waals surface area contributed by atoms with Gasteiger partial charge >= 0.3 is 0 Å². The average Bonchev–Trinajstić information content (AvgIpc) is 3.13. The maximum Gasteiger partial charge on any atom is 0.254 e. The number of ether oxygens (including phenoxy) is 1. The molecule has 5 rings (SSSR count). The van der Waals surface area contributed by atoms with Crippen molar-refractivity contribution < 1.29 is 14.3 Å². The Morgan fingerprint density at radius 2 is 1.72 bits per heavy atom. The lowest BCUT2D eigenvalue weighted by Crippen LogP contribution is -2.55. The molecule has 0 saturated carbocycles. The van der Waals surface area contributed by atoms with Gasteiger partial charge in [0, 0.05) is 13.1 Å². The lowest BCUT2D eigenvalue weighted by molar-refractivity contribution is -0.156. The van der Waals surface area contributed by atoms with E-state index in [1.54, 1.807) is 0 Å². The Morgan fingerprint density at radius 3 is 2.52 bits per heavy atom. The summed E-state index contributed by atoms with van der Waals surface area (Å²) in [5.74, 6) is -0.192. The van der Waals surface area contributed by atoms with Crippen LogP contribution in [0.25, 0.3) is 0 Å². The number of fused-ring (bicyclic) bond motifs is 2. The molecule has 2 aromatic carbocycles. The van der Waals surface area contributed by atoms with E-state index in [-0.39, 0.29) is 23.8 Å². The minimum atomic E-state index is -0.667. The molecule has 5 heteroatoms. The van der Waals surface area contributed by atoms with Crippen LogP contribution in [0.1, 0.15) is 42.0 Å². The fourth-order valence-electron chi connectivity index (χ4n) is 5.30. The molecular formula is C24H26N2O3. The van der Waals surface area contributed by atoms with E-state index in [9.17, 15) is 9.59 Å². The van der Waals surface area contributed by atoms with Crippen molar-refractivity contribution in [3.05, 3.63) is 71.3 Å². The van der Waals surface area contributed by atoms with Crippen molar-refractivity contribution in [2.45, 2.75) is 43.2 Å². The second kappa shape index (κ2) is 7.30. The number of likely N-dealkylation sites (tertiary alicyclic amines) is 1. The highest BCUT2D eigenvalue weighted by molar-refractivity contribution is 5.86. The maximum atomic E-state index is 13.3. The van der Waals surface area contributed by atoms with E-state index < -0.39 is 12.1 Å². The second-order valence-electron chi connectivity index (χ2n) is 8.45. The summed E-state index contributed by atoms with van der Waals surface area (Å²) in [7, 11) is 0. The second-order valence-corrected chi connectivity index (χ2v) is 8.45. The summed E-state index contributed by atoms with van der Waals surface area (Å²) in [4.78, 5) is 27.2. The smallest absolute Gasteiger partial charge is 0.254 e. The minimum absolute atomic E-state index is 0.0139. The van der Waals surface area contributed by atoms with Gasteiger partial charge in [0.15, 0.2) is 6.10 Å². The molecule has 2 aromatic rings. The van der Waals surface area contributed by atoms with Crippen LogP contribution in [-0.4, -0.2) is 42.5 Å². The van der Waals surface area contributed by atoms with Gasteiger partial charge in [0.25, 0.3) is 5.91 Å². The number of amides is 2. The van der Waals surface area contributed by atoms with Gasteiger partial charge in [-0.05, 0) is 47.8 Å². The molecule has 1 spiro atoms. The quantitative estimate of drug-likeness (QED) is 0.858. The molecule has 5 nitrogen and oxygen atoms in total. The van der Waals surface area contributed by atoms with Crippen LogP contribution in [0.4, 0.5) is 0 Å². The van der Waals surface area contributed by atoms with Gasteiger partial charge in [-0.15, -0.1) is 0 Å². The molecule has 2 fully saturated rings. The number of benzene rings is 2. The number of carbonyl (C=O) groups excluding carboxylic acids is 2. The van der Waals surface area contributed by atoms with Crippen LogP contribution in [-0.2, 0) is 26.2 Å². The zero-order valence-electron chi connectivity index (χ0n) is 16.5. The molecule has 1 N–H and O–H groups in total. The minimum Gasteiger partial charge on any atom is -0.356 e. The third kappa shape index (κ3) is 3.23.